The molecule has 1 aromatic heterocycles. The van der Waals surface area contributed by atoms with Gasteiger partial charge in [0, 0.05) is 6.54 Å². The molecule has 4 nitrogen and oxygen atoms in total. The first-order valence-corrected chi connectivity index (χ1v) is 5.89. The van der Waals surface area contributed by atoms with Crippen molar-refractivity contribution in [3.8, 4) is 0 Å². The highest BCUT2D eigenvalue weighted by Gasteiger charge is 2.10. The molecule has 5 N–H and O–H groups in total. The molecule has 0 saturated carbocycles. The molecule has 0 spiro atoms. The maximum absolute atomic E-state index is 10.9. The average molecular weight is 227 g/mol. The summed E-state index contributed by atoms with van der Waals surface area (Å²) in [6.07, 6.45) is 3.53. The fourth-order valence-corrected chi connectivity index (χ4v) is 2.13. The van der Waals surface area contributed by atoms with Crippen molar-refractivity contribution in [1.82, 2.24) is 0 Å². The number of nitrogen functional groups attached to an aromatic ring is 1. The van der Waals surface area contributed by atoms with Crippen LogP contribution in [-0.2, 0) is 0 Å². The summed E-state index contributed by atoms with van der Waals surface area (Å²) in [6, 6.07) is 1.76. The summed E-state index contributed by atoms with van der Waals surface area (Å²) in [5.74, 6) is -0.459. The minimum atomic E-state index is -0.459. The summed E-state index contributed by atoms with van der Waals surface area (Å²) < 4.78 is 0. The Balaban J connectivity index is 2.48. The highest BCUT2D eigenvalue weighted by Crippen LogP contribution is 2.28. The molecule has 0 aliphatic heterocycles. The molecular formula is C10H17N3OS. The first-order chi connectivity index (χ1) is 7.15. The number of thiophene rings is 1. The van der Waals surface area contributed by atoms with E-state index in [4.69, 9.17) is 11.5 Å². The summed E-state index contributed by atoms with van der Waals surface area (Å²) in [4.78, 5) is 11.4. The molecule has 1 aromatic rings. The quantitative estimate of drug-likeness (QED) is 0.650. The predicted molar refractivity (Wildman–Crippen MR) is 65.3 cm³/mol. The highest BCUT2D eigenvalue weighted by atomic mass is 32.1. The molecule has 0 bridgehead atoms. The number of anilines is 2. The molecule has 0 unspecified atom stereocenters. The lowest BCUT2D eigenvalue weighted by atomic mass is 10.2. The first kappa shape index (κ1) is 11.8. The van der Waals surface area contributed by atoms with Crippen molar-refractivity contribution in [3.05, 3.63) is 10.9 Å². The third kappa shape index (κ3) is 3.43. The number of unbranched alkanes of at least 4 members (excludes halogenated alkanes) is 2. The Morgan fingerprint density at radius 3 is 2.80 bits per heavy atom. The second-order valence-corrected chi connectivity index (χ2v) is 4.45. The normalized spacial score (nSPS) is 10.2. The third-order valence-electron chi connectivity index (χ3n) is 2.06. The Hall–Kier alpha value is -1.23. The lowest BCUT2D eigenvalue weighted by Crippen LogP contribution is -2.10. The minimum Gasteiger partial charge on any atom is -0.397 e. The van der Waals surface area contributed by atoms with Crippen LogP contribution in [0, 0.1) is 0 Å². The predicted octanol–water partition coefficient (Wildman–Crippen LogP) is 2.03. The van der Waals surface area contributed by atoms with Crippen LogP contribution in [-0.4, -0.2) is 12.5 Å². The van der Waals surface area contributed by atoms with Crippen LogP contribution in [0.5, 0.6) is 0 Å². The van der Waals surface area contributed by atoms with Crippen molar-refractivity contribution in [2.75, 3.05) is 17.6 Å². The Kier molecular flexibility index (Phi) is 4.42. The molecule has 0 fully saturated rings. The van der Waals surface area contributed by atoms with E-state index in [1.54, 1.807) is 6.07 Å². The van der Waals surface area contributed by atoms with Crippen LogP contribution in [0.15, 0.2) is 6.07 Å². The monoisotopic (exact) mass is 227 g/mol. The highest BCUT2D eigenvalue weighted by molar-refractivity contribution is 7.18. The topological polar surface area (TPSA) is 81.1 Å². The van der Waals surface area contributed by atoms with E-state index in [-0.39, 0.29) is 0 Å². The van der Waals surface area contributed by atoms with Gasteiger partial charge in [0.1, 0.15) is 4.88 Å². The molecule has 15 heavy (non-hydrogen) atoms. The van der Waals surface area contributed by atoms with Crippen molar-refractivity contribution >= 4 is 27.9 Å². The van der Waals surface area contributed by atoms with Gasteiger partial charge in [-0.2, -0.15) is 0 Å². The molecule has 1 heterocycles. The Morgan fingerprint density at radius 1 is 1.53 bits per heavy atom. The van der Waals surface area contributed by atoms with Crippen LogP contribution >= 0.6 is 11.3 Å². The van der Waals surface area contributed by atoms with E-state index < -0.39 is 5.91 Å². The molecule has 0 radical (unpaired) electrons. The summed E-state index contributed by atoms with van der Waals surface area (Å²) in [5.41, 5.74) is 11.3. The van der Waals surface area contributed by atoms with Crippen LogP contribution in [0.2, 0.25) is 0 Å². The maximum atomic E-state index is 10.9. The van der Waals surface area contributed by atoms with Gasteiger partial charge < -0.3 is 16.8 Å². The minimum absolute atomic E-state index is 0.438. The van der Waals surface area contributed by atoms with Crippen LogP contribution in [0.4, 0.5) is 10.7 Å². The number of hydrogen-bond donors (Lipinski definition) is 3. The molecule has 0 atom stereocenters. The Bertz CT molecular complexity index is 335. The maximum Gasteiger partial charge on any atom is 0.260 e. The largest absolute Gasteiger partial charge is 0.397 e. The van der Waals surface area contributed by atoms with Crippen molar-refractivity contribution in [2.24, 2.45) is 5.73 Å². The van der Waals surface area contributed by atoms with Gasteiger partial charge in [0.15, 0.2) is 0 Å². The number of carbonyl (C=O) groups is 1. The average Bonchev–Trinajstić information content (AvgIpc) is 2.55. The van der Waals surface area contributed by atoms with Gasteiger partial charge in [-0.1, -0.05) is 19.8 Å². The molecule has 0 saturated heterocycles. The number of nitrogens with one attached hydrogen (secondary N) is 1. The van der Waals surface area contributed by atoms with E-state index >= 15 is 0 Å². The van der Waals surface area contributed by atoms with Gasteiger partial charge in [0.2, 0.25) is 0 Å². The first-order valence-electron chi connectivity index (χ1n) is 5.08. The summed E-state index contributed by atoms with van der Waals surface area (Å²) >= 11 is 1.31. The third-order valence-corrected chi connectivity index (χ3v) is 3.19. The van der Waals surface area contributed by atoms with Crippen LogP contribution in [0.25, 0.3) is 0 Å². The van der Waals surface area contributed by atoms with E-state index in [1.165, 1.54) is 24.2 Å². The van der Waals surface area contributed by atoms with Crippen LogP contribution < -0.4 is 16.8 Å². The number of amides is 1. The van der Waals surface area contributed by atoms with Gasteiger partial charge in [-0.05, 0) is 12.5 Å². The number of nitrogens with two attached hydrogens (primary N) is 2. The summed E-state index contributed by atoms with van der Waals surface area (Å²) in [5, 5.41) is 4.14. The molecule has 0 aliphatic carbocycles. The van der Waals surface area contributed by atoms with E-state index in [1.807, 2.05) is 0 Å². The zero-order valence-corrected chi connectivity index (χ0v) is 9.69. The number of rotatable bonds is 6. The van der Waals surface area contributed by atoms with Crippen molar-refractivity contribution < 1.29 is 4.79 Å². The number of hydrogen-bond acceptors (Lipinski definition) is 4. The van der Waals surface area contributed by atoms with Crippen molar-refractivity contribution in [2.45, 2.75) is 26.2 Å². The zero-order chi connectivity index (χ0) is 11.3. The van der Waals surface area contributed by atoms with E-state index in [9.17, 15) is 4.79 Å². The lowest BCUT2D eigenvalue weighted by Gasteiger charge is -2.01. The van der Waals surface area contributed by atoms with Crippen LogP contribution in [0.1, 0.15) is 35.9 Å². The molecular weight excluding hydrogens is 210 g/mol. The summed E-state index contributed by atoms with van der Waals surface area (Å²) in [6.45, 7) is 3.07. The lowest BCUT2D eigenvalue weighted by molar-refractivity contribution is 0.100. The van der Waals surface area contributed by atoms with Gasteiger partial charge in [-0.25, -0.2) is 0 Å². The van der Waals surface area contributed by atoms with Gasteiger partial charge in [-0.3, -0.25) is 4.79 Å². The zero-order valence-electron chi connectivity index (χ0n) is 8.88. The molecule has 0 aliphatic rings. The van der Waals surface area contributed by atoms with Gasteiger partial charge in [0.25, 0.3) is 5.91 Å². The summed E-state index contributed by atoms with van der Waals surface area (Å²) in [7, 11) is 0. The van der Waals surface area contributed by atoms with Crippen molar-refractivity contribution in [3.63, 3.8) is 0 Å². The Morgan fingerprint density at radius 2 is 2.27 bits per heavy atom. The van der Waals surface area contributed by atoms with Crippen LogP contribution in [0.3, 0.4) is 0 Å². The molecule has 0 aromatic carbocycles. The fourth-order valence-electron chi connectivity index (χ4n) is 1.27. The van der Waals surface area contributed by atoms with E-state index in [0.29, 0.717) is 10.6 Å². The molecule has 1 amide bonds. The van der Waals surface area contributed by atoms with Crippen molar-refractivity contribution in [1.29, 1.82) is 0 Å². The van der Waals surface area contributed by atoms with Gasteiger partial charge in [-0.15, -0.1) is 11.3 Å². The van der Waals surface area contributed by atoms with Gasteiger partial charge in [0.05, 0.1) is 10.7 Å². The standard InChI is InChI=1S/C10H17N3OS/c1-2-3-4-5-13-8-6-7(11)9(15-8)10(12)14/h6,13H,2-5,11H2,1H3,(H2,12,14). The fraction of sp³-hybridized carbons (Fsp3) is 0.500. The smallest absolute Gasteiger partial charge is 0.260 e. The molecule has 84 valence electrons. The number of primary amides is 1. The molecule has 5 heteroatoms. The van der Waals surface area contributed by atoms with E-state index in [0.717, 1.165) is 18.0 Å². The SMILES string of the molecule is CCCCCNc1cc(N)c(C(N)=O)s1. The second-order valence-electron chi connectivity index (χ2n) is 3.39. The second kappa shape index (κ2) is 5.60. The Labute approximate surface area is 93.7 Å². The molecule has 1 rings (SSSR count). The van der Waals surface area contributed by atoms with Gasteiger partial charge >= 0.3 is 0 Å². The number of carbonyl (C=O) groups excluding carboxylic acids is 1. The van der Waals surface area contributed by atoms with E-state index in [2.05, 4.69) is 12.2 Å².